The molecular weight excluding hydrogens is 290 g/mol. The van der Waals surface area contributed by atoms with Crippen LogP contribution in [0.2, 0.25) is 0 Å². The highest BCUT2D eigenvalue weighted by Gasteiger charge is 2.26. The number of piperidine rings is 1. The Balaban J connectivity index is 1.79. The number of amides is 1. The molecule has 6 nitrogen and oxygen atoms in total. The minimum absolute atomic E-state index is 0.0867. The van der Waals surface area contributed by atoms with Crippen LogP contribution >= 0.6 is 0 Å². The van der Waals surface area contributed by atoms with Gasteiger partial charge < -0.3 is 10.6 Å². The van der Waals surface area contributed by atoms with Crippen LogP contribution in [0.5, 0.6) is 0 Å². The van der Waals surface area contributed by atoms with Crippen molar-refractivity contribution in [2.45, 2.75) is 32.7 Å². The van der Waals surface area contributed by atoms with Gasteiger partial charge >= 0.3 is 0 Å². The minimum atomic E-state index is 0.0867. The molecule has 2 N–H and O–H groups in total. The summed E-state index contributed by atoms with van der Waals surface area (Å²) in [5.41, 5.74) is 8.67. The van der Waals surface area contributed by atoms with Crippen LogP contribution in [-0.4, -0.2) is 44.7 Å². The number of carbonyl (C=O) groups is 1. The lowest BCUT2D eigenvalue weighted by molar-refractivity contribution is 0.0661. The van der Waals surface area contributed by atoms with Gasteiger partial charge in [0.05, 0.1) is 5.69 Å². The quantitative estimate of drug-likeness (QED) is 0.937. The maximum atomic E-state index is 12.8. The van der Waals surface area contributed by atoms with Gasteiger partial charge in [0.25, 0.3) is 5.91 Å². The molecule has 0 unspecified atom stereocenters. The van der Waals surface area contributed by atoms with E-state index >= 15 is 0 Å². The van der Waals surface area contributed by atoms with Crippen molar-refractivity contribution in [3.05, 3.63) is 42.0 Å². The third-order valence-electron chi connectivity index (χ3n) is 4.60. The summed E-state index contributed by atoms with van der Waals surface area (Å²) in [7, 11) is 0. The standard InChI is InChI=1S/C17H23N5O/c1-12-8-14(5-6-16(12)22-11-19-10-20-22)17(23)21-7-3-4-15(9-21)13(2)18/h5-6,8,10-11,13,15H,3-4,7,9,18H2,1-2H3/t13-,15+/m0/s1. The molecule has 1 fully saturated rings. The summed E-state index contributed by atoms with van der Waals surface area (Å²) in [4.78, 5) is 18.7. The zero-order valence-electron chi connectivity index (χ0n) is 13.6. The van der Waals surface area contributed by atoms with E-state index in [4.69, 9.17) is 5.73 Å². The van der Waals surface area contributed by atoms with Crippen molar-refractivity contribution in [2.24, 2.45) is 11.7 Å². The lowest BCUT2D eigenvalue weighted by atomic mass is 9.92. The van der Waals surface area contributed by atoms with Crippen molar-refractivity contribution in [3.63, 3.8) is 0 Å². The van der Waals surface area contributed by atoms with Crippen molar-refractivity contribution in [1.29, 1.82) is 0 Å². The van der Waals surface area contributed by atoms with E-state index in [1.807, 2.05) is 36.9 Å². The molecule has 1 aromatic heterocycles. The first-order valence-electron chi connectivity index (χ1n) is 8.07. The molecule has 23 heavy (non-hydrogen) atoms. The van der Waals surface area contributed by atoms with Gasteiger partial charge in [0.1, 0.15) is 12.7 Å². The second kappa shape index (κ2) is 6.50. The number of nitrogens with zero attached hydrogens (tertiary/aromatic N) is 4. The van der Waals surface area contributed by atoms with Crippen molar-refractivity contribution >= 4 is 5.91 Å². The molecule has 2 aromatic rings. The van der Waals surface area contributed by atoms with Crippen molar-refractivity contribution in [3.8, 4) is 5.69 Å². The highest BCUT2D eigenvalue weighted by Crippen LogP contribution is 2.22. The number of aryl methyl sites for hydroxylation is 1. The summed E-state index contributed by atoms with van der Waals surface area (Å²) >= 11 is 0. The smallest absolute Gasteiger partial charge is 0.253 e. The first-order chi connectivity index (χ1) is 11.1. The van der Waals surface area contributed by atoms with Gasteiger partial charge in [-0.1, -0.05) is 0 Å². The van der Waals surface area contributed by atoms with E-state index in [1.54, 1.807) is 11.0 Å². The van der Waals surface area contributed by atoms with Gasteiger partial charge in [-0.3, -0.25) is 4.79 Å². The summed E-state index contributed by atoms with van der Waals surface area (Å²) in [6, 6.07) is 5.84. The third-order valence-corrected chi connectivity index (χ3v) is 4.60. The van der Waals surface area contributed by atoms with Crippen LogP contribution in [0.4, 0.5) is 0 Å². The first-order valence-corrected chi connectivity index (χ1v) is 8.07. The Labute approximate surface area is 136 Å². The zero-order valence-corrected chi connectivity index (χ0v) is 13.6. The van der Waals surface area contributed by atoms with Gasteiger partial charge in [0.2, 0.25) is 0 Å². The molecule has 1 saturated heterocycles. The lowest BCUT2D eigenvalue weighted by Crippen LogP contribution is -2.45. The molecule has 0 spiro atoms. The minimum Gasteiger partial charge on any atom is -0.338 e. The third kappa shape index (κ3) is 3.27. The summed E-state index contributed by atoms with van der Waals surface area (Å²) in [6.07, 6.45) is 5.28. The molecule has 1 amide bonds. The molecule has 0 bridgehead atoms. The topological polar surface area (TPSA) is 77.0 Å². The molecule has 1 aliphatic heterocycles. The van der Waals surface area contributed by atoms with E-state index in [1.165, 1.54) is 6.33 Å². The Bertz CT molecular complexity index is 680. The molecule has 0 aliphatic carbocycles. The van der Waals surface area contributed by atoms with E-state index < -0.39 is 0 Å². The Morgan fingerprint density at radius 2 is 2.26 bits per heavy atom. The molecule has 1 aromatic carbocycles. The van der Waals surface area contributed by atoms with Gasteiger partial charge in [0, 0.05) is 24.7 Å². The average molecular weight is 313 g/mol. The highest BCUT2D eigenvalue weighted by molar-refractivity contribution is 5.94. The predicted octanol–water partition coefficient (Wildman–Crippen LogP) is 1.78. The molecule has 3 rings (SSSR count). The predicted molar refractivity (Wildman–Crippen MR) is 88.4 cm³/mol. The van der Waals surface area contributed by atoms with Gasteiger partial charge in [0.15, 0.2) is 0 Å². The van der Waals surface area contributed by atoms with Gasteiger partial charge in [-0.2, -0.15) is 5.10 Å². The van der Waals surface area contributed by atoms with E-state index in [-0.39, 0.29) is 11.9 Å². The summed E-state index contributed by atoms with van der Waals surface area (Å²) in [5.74, 6) is 0.479. The fourth-order valence-corrected chi connectivity index (χ4v) is 3.18. The highest BCUT2D eigenvalue weighted by atomic mass is 16.2. The van der Waals surface area contributed by atoms with Gasteiger partial charge in [-0.25, -0.2) is 9.67 Å². The van der Waals surface area contributed by atoms with Gasteiger partial charge in [-0.15, -0.1) is 0 Å². The number of hydrogen-bond acceptors (Lipinski definition) is 4. The van der Waals surface area contributed by atoms with Crippen molar-refractivity contribution in [2.75, 3.05) is 13.1 Å². The SMILES string of the molecule is Cc1cc(C(=O)N2CCC[C@@H]([C@H](C)N)C2)ccc1-n1cncn1. The molecule has 2 heterocycles. The number of hydrogen-bond donors (Lipinski definition) is 1. The zero-order chi connectivity index (χ0) is 16.4. The van der Waals surface area contributed by atoms with Crippen LogP contribution in [-0.2, 0) is 0 Å². The van der Waals surface area contributed by atoms with Crippen LogP contribution in [0.25, 0.3) is 5.69 Å². The number of likely N-dealkylation sites (tertiary alicyclic amines) is 1. The van der Waals surface area contributed by atoms with E-state index in [9.17, 15) is 4.79 Å². The molecular formula is C17H23N5O. The largest absolute Gasteiger partial charge is 0.338 e. The summed E-state index contributed by atoms with van der Waals surface area (Å²) in [5, 5.41) is 4.14. The Morgan fingerprint density at radius 3 is 2.91 bits per heavy atom. The first kappa shape index (κ1) is 15.7. The second-order valence-electron chi connectivity index (χ2n) is 6.35. The molecule has 6 heteroatoms. The van der Waals surface area contributed by atoms with Crippen LogP contribution in [0.3, 0.4) is 0 Å². The summed E-state index contributed by atoms with van der Waals surface area (Å²) in [6.45, 7) is 5.57. The Morgan fingerprint density at radius 1 is 1.43 bits per heavy atom. The molecule has 2 atom stereocenters. The van der Waals surface area contributed by atoms with Crippen LogP contribution in [0, 0.1) is 12.8 Å². The number of rotatable bonds is 3. The van der Waals surface area contributed by atoms with E-state index in [0.29, 0.717) is 5.92 Å². The Kier molecular flexibility index (Phi) is 4.43. The number of carbonyl (C=O) groups excluding carboxylic acids is 1. The van der Waals surface area contributed by atoms with Gasteiger partial charge in [-0.05, 0) is 56.4 Å². The molecule has 0 saturated carbocycles. The summed E-state index contributed by atoms with van der Waals surface area (Å²) < 4.78 is 1.70. The fraction of sp³-hybridized carbons (Fsp3) is 0.471. The van der Waals surface area contributed by atoms with Crippen LogP contribution < -0.4 is 5.73 Å². The number of benzene rings is 1. The van der Waals surface area contributed by atoms with E-state index in [0.717, 1.165) is 42.7 Å². The maximum absolute atomic E-state index is 12.8. The number of nitrogens with two attached hydrogens (primary N) is 1. The fourth-order valence-electron chi connectivity index (χ4n) is 3.18. The Hall–Kier alpha value is -2.21. The van der Waals surface area contributed by atoms with Crippen LogP contribution in [0.1, 0.15) is 35.7 Å². The normalized spacial score (nSPS) is 19.6. The molecule has 122 valence electrons. The molecule has 1 aliphatic rings. The number of aromatic nitrogens is 3. The second-order valence-corrected chi connectivity index (χ2v) is 6.35. The van der Waals surface area contributed by atoms with E-state index in [2.05, 4.69) is 10.1 Å². The maximum Gasteiger partial charge on any atom is 0.253 e. The average Bonchev–Trinajstić information content (AvgIpc) is 3.08. The van der Waals surface area contributed by atoms with Crippen LogP contribution in [0.15, 0.2) is 30.9 Å². The van der Waals surface area contributed by atoms with Crippen molar-refractivity contribution < 1.29 is 4.79 Å². The lowest BCUT2D eigenvalue weighted by Gasteiger charge is -2.34. The molecule has 0 radical (unpaired) electrons. The van der Waals surface area contributed by atoms with Crippen molar-refractivity contribution in [1.82, 2.24) is 19.7 Å². The monoisotopic (exact) mass is 313 g/mol.